The molecule has 0 radical (unpaired) electrons. The van der Waals surface area contributed by atoms with Crippen LogP contribution in [0, 0.1) is 11.3 Å². The number of nitrogens with one attached hydrogen (secondary N) is 1. The second-order valence-electron chi connectivity index (χ2n) is 6.70. The monoisotopic (exact) mass is 436 g/mol. The lowest BCUT2D eigenvalue weighted by Crippen LogP contribution is -2.17. The van der Waals surface area contributed by atoms with E-state index in [2.05, 4.69) is 22.1 Å². The number of halogens is 2. The maximum Gasteiger partial charge on any atom is 0.256 e. The third-order valence-electron chi connectivity index (χ3n) is 4.81. The summed E-state index contributed by atoms with van der Waals surface area (Å²) in [5.74, 6) is 0.621. The van der Waals surface area contributed by atoms with Gasteiger partial charge in [0, 0.05) is 36.3 Å². The van der Waals surface area contributed by atoms with Crippen LogP contribution in [0.15, 0.2) is 84.0 Å². The fourth-order valence-electron chi connectivity index (χ4n) is 3.31. The Labute approximate surface area is 185 Å². The minimum Gasteiger partial charge on any atom is -0.364 e. The van der Waals surface area contributed by atoms with Gasteiger partial charge in [-0.25, -0.2) is 4.98 Å². The quantitative estimate of drug-likeness (QED) is 0.484. The number of rotatable bonds is 5. The Morgan fingerprint density at radius 3 is 2.53 bits per heavy atom. The number of H-pyrrole nitrogens is 1. The zero-order valence-electron chi connectivity index (χ0n) is 15.8. The van der Waals surface area contributed by atoms with Crippen LogP contribution in [0.2, 0.25) is 5.02 Å². The zero-order valence-corrected chi connectivity index (χ0v) is 17.4. The van der Waals surface area contributed by atoms with Crippen molar-refractivity contribution in [2.75, 3.05) is 0 Å². The minimum atomic E-state index is -0.184. The molecular weight excluding hydrogens is 419 g/mol. The number of nitriles is 1. The summed E-state index contributed by atoms with van der Waals surface area (Å²) >= 11 is 6.00. The summed E-state index contributed by atoms with van der Waals surface area (Å²) < 4.78 is 1.43. The van der Waals surface area contributed by atoms with Crippen molar-refractivity contribution in [3.63, 3.8) is 0 Å². The summed E-state index contributed by atoms with van der Waals surface area (Å²) in [6.07, 6.45) is 5.97. The largest absolute Gasteiger partial charge is 0.364 e. The van der Waals surface area contributed by atoms with Crippen LogP contribution in [0.4, 0.5) is 0 Å². The van der Waals surface area contributed by atoms with Crippen LogP contribution in [0.5, 0.6) is 0 Å². The molecule has 150 valence electrons. The molecule has 3 aromatic heterocycles. The topological polar surface area (TPSA) is 74.5 Å². The molecule has 3 heterocycles. The predicted molar refractivity (Wildman–Crippen MR) is 120 cm³/mol. The van der Waals surface area contributed by atoms with E-state index in [4.69, 9.17) is 16.9 Å². The summed E-state index contributed by atoms with van der Waals surface area (Å²) in [6.45, 7) is 0. The van der Waals surface area contributed by atoms with Gasteiger partial charge in [-0.2, -0.15) is 5.26 Å². The first-order valence-electron chi connectivity index (χ1n) is 9.11. The number of benzene rings is 1. The van der Waals surface area contributed by atoms with Crippen LogP contribution in [0.1, 0.15) is 28.3 Å². The van der Waals surface area contributed by atoms with Crippen LogP contribution in [0.3, 0.4) is 0 Å². The Morgan fingerprint density at radius 1 is 1.10 bits per heavy atom. The molecule has 1 aromatic carbocycles. The first kappa shape index (κ1) is 21.4. The lowest BCUT2D eigenvalue weighted by Gasteiger charge is -2.17. The Kier molecular flexibility index (Phi) is 6.73. The molecule has 0 bridgehead atoms. The van der Waals surface area contributed by atoms with Crippen molar-refractivity contribution >= 4 is 24.0 Å². The molecule has 0 saturated carbocycles. The van der Waals surface area contributed by atoms with Gasteiger partial charge in [0.15, 0.2) is 0 Å². The van der Waals surface area contributed by atoms with Gasteiger partial charge in [0.25, 0.3) is 5.56 Å². The van der Waals surface area contributed by atoms with E-state index in [-0.39, 0.29) is 23.9 Å². The molecule has 1 N–H and O–H groups in total. The highest BCUT2D eigenvalue weighted by Gasteiger charge is 2.16. The maximum absolute atomic E-state index is 12.1. The molecule has 0 aliphatic rings. The molecule has 1 atom stereocenters. The van der Waals surface area contributed by atoms with E-state index in [1.165, 1.54) is 10.6 Å². The van der Waals surface area contributed by atoms with E-state index in [0.29, 0.717) is 16.4 Å². The molecule has 1 unspecified atom stereocenters. The van der Waals surface area contributed by atoms with Crippen molar-refractivity contribution in [1.29, 1.82) is 5.26 Å². The Bertz CT molecular complexity index is 1210. The van der Waals surface area contributed by atoms with Crippen LogP contribution < -0.4 is 5.56 Å². The number of aromatic nitrogens is 3. The van der Waals surface area contributed by atoms with E-state index in [9.17, 15) is 4.79 Å². The minimum absolute atomic E-state index is 0. The Morgan fingerprint density at radius 2 is 1.90 bits per heavy atom. The van der Waals surface area contributed by atoms with Gasteiger partial charge in [-0.1, -0.05) is 29.8 Å². The molecule has 5 nitrogen and oxygen atoms in total. The van der Waals surface area contributed by atoms with E-state index >= 15 is 0 Å². The SMILES string of the molecule is Cl.N#Cc1ccc(C(Cc2ccc(-n3cc(Cl)ccc3=O)nc2)c2ccc[nH]2)cc1. The fraction of sp³-hybridized carbons (Fsp3) is 0.0870. The van der Waals surface area contributed by atoms with Gasteiger partial charge in [-0.15, -0.1) is 12.4 Å². The second-order valence-corrected chi connectivity index (χ2v) is 7.13. The molecule has 0 aliphatic heterocycles. The van der Waals surface area contributed by atoms with Gasteiger partial charge in [-0.05, 0) is 53.9 Å². The molecule has 30 heavy (non-hydrogen) atoms. The molecule has 0 fully saturated rings. The van der Waals surface area contributed by atoms with Gasteiger partial charge >= 0.3 is 0 Å². The fourth-order valence-corrected chi connectivity index (χ4v) is 3.47. The molecule has 0 saturated heterocycles. The smallest absolute Gasteiger partial charge is 0.256 e. The summed E-state index contributed by atoms with van der Waals surface area (Å²) in [7, 11) is 0. The van der Waals surface area contributed by atoms with Crippen LogP contribution in [0.25, 0.3) is 5.82 Å². The summed E-state index contributed by atoms with van der Waals surface area (Å²) in [4.78, 5) is 19.8. The number of aromatic amines is 1. The third kappa shape index (κ3) is 4.62. The molecular formula is C23H18Cl2N4O. The van der Waals surface area contributed by atoms with E-state index in [1.54, 1.807) is 18.5 Å². The molecule has 0 amide bonds. The van der Waals surface area contributed by atoms with E-state index in [0.717, 1.165) is 23.2 Å². The van der Waals surface area contributed by atoms with Gasteiger partial charge in [0.1, 0.15) is 5.82 Å². The molecule has 4 aromatic rings. The number of hydrogen-bond acceptors (Lipinski definition) is 3. The average molecular weight is 437 g/mol. The van der Waals surface area contributed by atoms with E-state index < -0.39 is 0 Å². The van der Waals surface area contributed by atoms with Crippen molar-refractivity contribution in [1.82, 2.24) is 14.5 Å². The number of pyridine rings is 2. The number of hydrogen-bond donors (Lipinski definition) is 1. The first-order valence-corrected chi connectivity index (χ1v) is 9.49. The van der Waals surface area contributed by atoms with Gasteiger partial charge in [0.05, 0.1) is 16.7 Å². The normalized spacial score (nSPS) is 11.3. The molecule has 0 aliphatic carbocycles. The van der Waals surface area contributed by atoms with Gasteiger partial charge < -0.3 is 4.98 Å². The number of nitrogens with zero attached hydrogens (tertiary/aromatic N) is 3. The van der Waals surface area contributed by atoms with Crippen molar-refractivity contribution in [3.05, 3.63) is 117 Å². The van der Waals surface area contributed by atoms with Crippen molar-refractivity contribution < 1.29 is 0 Å². The Hall–Kier alpha value is -3.33. The highest BCUT2D eigenvalue weighted by molar-refractivity contribution is 6.30. The van der Waals surface area contributed by atoms with Gasteiger partial charge in [0.2, 0.25) is 0 Å². The van der Waals surface area contributed by atoms with Crippen molar-refractivity contribution in [3.8, 4) is 11.9 Å². The highest BCUT2D eigenvalue weighted by atomic mass is 35.5. The first-order chi connectivity index (χ1) is 14.1. The summed E-state index contributed by atoms with van der Waals surface area (Å²) in [5, 5.41) is 9.52. The summed E-state index contributed by atoms with van der Waals surface area (Å²) in [5.41, 5.74) is 3.69. The summed E-state index contributed by atoms with van der Waals surface area (Å²) in [6, 6.07) is 20.6. The van der Waals surface area contributed by atoms with Crippen molar-refractivity contribution in [2.45, 2.75) is 12.3 Å². The lowest BCUT2D eigenvalue weighted by molar-refractivity contribution is 0.775. The Balaban J connectivity index is 0.00000256. The molecule has 4 rings (SSSR count). The van der Waals surface area contributed by atoms with E-state index in [1.807, 2.05) is 48.7 Å². The highest BCUT2D eigenvalue weighted by Crippen LogP contribution is 2.28. The molecule has 0 spiro atoms. The standard InChI is InChI=1S/C23H17ClN4O.ClH/c24-19-8-10-23(29)28(15-19)22-9-5-17(14-27-22)12-20(21-2-1-11-26-21)18-6-3-16(13-25)4-7-18;/h1-11,14-15,20,26H,12H2;1H. The second kappa shape index (κ2) is 9.45. The maximum atomic E-state index is 12.1. The molecule has 7 heteroatoms. The predicted octanol–water partition coefficient (Wildman–Crippen LogP) is 4.88. The third-order valence-corrected chi connectivity index (χ3v) is 5.03. The lowest BCUT2D eigenvalue weighted by atomic mass is 9.89. The average Bonchev–Trinajstić information content (AvgIpc) is 3.29. The van der Waals surface area contributed by atoms with Crippen molar-refractivity contribution in [2.24, 2.45) is 0 Å². The van der Waals surface area contributed by atoms with Crippen LogP contribution in [-0.2, 0) is 6.42 Å². The van der Waals surface area contributed by atoms with Crippen LogP contribution in [-0.4, -0.2) is 14.5 Å². The van der Waals surface area contributed by atoms with Gasteiger partial charge in [-0.3, -0.25) is 9.36 Å². The zero-order chi connectivity index (χ0) is 20.2. The van der Waals surface area contributed by atoms with Crippen LogP contribution >= 0.6 is 24.0 Å².